The molecule has 0 aliphatic rings. The first-order valence-corrected chi connectivity index (χ1v) is 7.63. The zero-order valence-electron chi connectivity index (χ0n) is 13.7. The van der Waals surface area contributed by atoms with Crippen molar-refractivity contribution in [3.8, 4) is 11.5 Å². The molecule has 0 aliphatic carbocycles. The highest BCUT2D eigenvalue weighted by Gasteiger charge is 2.23. The number of hydrogen-bond donors (Lipinski definition) is 1. The average Bonchev–Trinajstić information content (AvgIpc) is 2.54. The van der Waals surface area contributed by atoms with Gasteiger partial charge in [0.25, 0.3) is 0 Å². The Kier molecular flexibility index (Phi) is 5.63. The summed E-state index contributed by atoms with van der Waals surface area (Å²) in [4.78, 5) is 11.6. The molecule has 1 unspecified atom stereocenters. The van der Waals surface area contributed by atoms with E-state index in [-0.39, 0.29) is 12.3 Å². The largest absolute Gasteiger partial charge is 0.496 e. The first-order chi connectivity index (χ1) is 11.0. The van der Waals surface area contributed by atoms with Gasteiger partial charge in [0.05, 0.1) is 7.11 Å². The topological polar surface area (TPSA) is 55.8 Å². The molecule has 2 aromatic carbocycles. The maximum Gasteiger partial charge on any atom is 0.345 e. The van der Waals surface area contributed by atoms with Crippen molar-refractivity contribution in [3.63, 3.8) is 0 Å². The van der Waals surface area contributed by atoms with Crippen LogP contribution in [0.25, 0.3) is 0 Å². The molecule has 0 aromatic heterocycles. The molecule has 0 heterocycles. The Labute approximate surface area is 136 Å². The number of para-hydroxylation sites is 2. The van der Waals surface area contributed by atoms with Crippen LogP contribution in [0.2, 0.25) is 0 Å². The van der Waals surface area contributed by atoms with Crippen LogP contribution in [0.4, 0.5) is 0 Å². The Hall–Kier alpha value is -2.49. The highest BCUT2D eigenvalue weighted by molar-refractivity contribution is 5.73. The van der Waals surface area contributed by atoms with Gasteiger partial charge in [0.15, 0.2) is 6.10 Å². The normalized spacial score (nSPS) is 12.0. The Morgan fingerprint density at radius 1 is 1.04 bits per heavy atom. The summed E-state index contributed by atoms with van der Waals surface area (Å²) in [5.74, 6) is 0.547. The molecule has 0 aliphatic heterocycles. The van der Waals surface area contributed by atoms with Crippen LogP contribution < -0.4 is 9.47 Å². The number of carboxylic acids is 1. The second-order valence-corrected chi connectivity index (χ2v) is 5.65. The van der Waals surface area contributed by atoms with Gasteiger partial charge in [0, 0.05) is 6.42 Å². The van der Waals surface area contributed by atoms with E-state index in [0.29, 0.717) is 11.5 Å². The molecular weight excluding hydrogens is 292 g/mol. The highest BCUT2D eigenvalue weighted by Crippen LogP contribution is 2.28. The zero-order chi connectivity index (χ0) is 16.8. The van der Waals surface area contributed by atoms with Crippen molar-refractivity contribution >= 4 is 5.97 Å². The lowest BCUT2D eigenvalue weighted by Crippen LogP contribution is -2.30. The molecule has 2 rings (SSSR count). The number of rotatable bonds is 7. The lowest BCUT2D eigenvalue weighted by molar-refractivity contribution is -0.145. The van der Waals surface area contributed by atoms with E-state index in [0.717, 1.165) is 11.1 Å². The van der Waals surface area contributed by atoms with Gasteiger partial charge in [-0.05, 0) is 29.2 Å². The van der Waals surface area contributed by atoms with Gasteiger partial charge < -0.3 is 14.6 Å². The first kappa shape index (κ1) is 16.9. The average molecular weight is 314 g/mol. The summed E-state index contributed by atoms with van der Waals surface area (Å²) in [6, 6.07) is 14.9. The summed E-state index contributed by atoms with van der Waals surface area (Å²) in [5, 5.41) is 9.52. The van der Waals surface area contributed by atoms with E-state index in [2.05, 4.69) is 13.8 Å². The molecule has 4 nitrogen and oxygen atoms in total. The maximum atomic E-state index is 11.6. The van der Waals surface area contributed by atoms with Crippen LogP contribution in [-0.4, -0.2) is 24.3 Å². The Balaban J connectivity index is 2.25. The van der Waals surface area contributed by atoms with Crippen LogP contribution >= 0.6 is 0 Å². The van der Waals surface area contributed by atoms with Crippen molar-refractivity contribution in [3.05, 3.63) is 59.7 Å². The van der Waals surface area contributed by atoms with Gasteiger partial charge in [-0.2, -0.15) is 0 Å². The fraction of sp³-hybridized carbons (Fsp3) is 0.316. The number of aliphatic carboxylic acids is 1. The fourth-order valence-corrected chi connectivity index (χ4v) is 2.47. The number of hydrogen-bond acceptors (Lipinski definition) is 3. The minimum absolute atomic E-state index is 0.242. The third-order valence-corrected chi connectivity index (χ3v) is 3.68. The van der Waals surface area contributed by atoms with Crippen molar-refractivity contribution in [2.24, 2.45) is 0 Å². The number of benzene rings is 2. The van der Waals surface area contributed by atoms with Crippen molar-refractivity contribution in [2.75, 3.05) is 7.11 Å². The van der Waals surface area contributed by atoms with Crippen molar-refractivity contribution in [1.82, 2.24) is 0 Å². The lowest BCUT2D eigenvalue weighted by Gasteiger charge is -2.20. The first-order valence-electron chi connectivity index (χ1n) is 7.63. The molecule has 1 N–H and O–H groups in total. The second kappa shape index (κ2) is 7.68. The molecule has 4 heteroatoms. The van der Waals surface area contributed by atoms with Gasteiger partial charge in [-0.1, -0.05) is 50.2 Å². The summed E-state index contributed by atoms with van der Waals surface area (Å²) in [6.07, 6.45) is -0.725. The van der Waals surface area contributed by atoms with Crippen LogP contribution in [0.5, 0.6) is 11.5 Å². The van der Waals surface area contributed by atoms with Crippen molar-refractivity contribution in [1.29, 1.82) is 0 Å². The van der Waals surface area contributed by atoms with E-state index in [1.54, 1.807) is 7.11 Å². The summed E-state index contributed by atoms with van der Waals surface area (Å²) < 4.78 is 11.1. The van der Waals surface area contributed by atoms with Crippen molar-refractivity contribution < 1.29 is 19.4 Å². The molecule has 2 aromatic rings. The van der Waals surface area contributed by atoms with E-state index >= 15 is 0 Å². The molecule has 23 heavy (non-hydrogen) atoms. The van der Waals surface area contributed by atoms with Gasteiger partial charge in [-0.15, -0.1) is 0 Å². The predicted octanol–water partition coefficient (Wildman–Crippen LogP) is 3.89. The SMILES string of the molecule is COc1ccccc1CC(Oc1ccccc1C(C)C)C(=O)O. The standard InChI is InChI=1S/C19H22O4/c1-13(2)15-9-5-7-11-17(15)23-18(19(20)21)12-14-8-4-6-10-16(14)22-3/h4-11,13,18H,12H2,1-3H3,(H,20,21). The number of carbonyl (C=O) groups is 1. The van der Waals surface area contributed by atoms with Crippen LogP contribution in [0.3, 0.4) is 0 Å². The minimum Gasteiger partial charge on any atom is -0.496 e. The molecule has 0 radical (unpaired) electrons. The quantitative estimate of drug-likeness (QED) is 0.842. The van der Waals surface area contributed by atoms with Crippen LogP contribution in [0, 0.1) is 0 Å². The number of carboxylic acid groups (broad SMARTS) is 1. The molecule has 0 spiro atoms. The highest BCUT2D eigenvalue weighted by atomic mass is 16.5. The van der Waals surface area contributed by atoms with E-state index in [1.807, 2.05) is 48.5 Å². The van der Waals surface area contributed by atoms with Gasteiger partial charge in [0.2, 0.25) is 0 Å². The molecule has 122 valence electrons. The van der Waals surface area contributed by atoms with E-state index in [4.69, 9.17) is 9.47 Å². The molecule has 0 amide bonds. The Bertz CT molecular complexity index is 664. The smallest absolute Gasteiger partial charge is 0.345 e. The predicted molar refractivity (Wildman–Crippen MR) is 89.3 cm³/mol. The van der Waals surface area contributed by atoms with E-state index in [1.165, 1.54) is 0 Å². The summed E-state index contributed by atoms with van der Waals surface area (Å²) in [7, 11) is 1.57. The second-order valence-electron chi connectivity index (χ2n) is 5.65. The summed E-state index contributed by atoms with van der Waals surface area (Å²) in [6.45, 7) is 4.11. The van der Waals surface area contributed by atoms with Crippen LogP contribution in [0.1, 0.15) is 30.9 Å². The van der Waals surface area contributed by atoms with Crippen LogP contribution in [-0.2, 0) is 11.2 Å². The van der Waals surface area contributed by atoms with Gasteiger partial charge in [-0.3, -0.25) is 0 Å². The lowest BCUT2D eigenvalue weighted by atomic mass is 10.0. The monoisotopic (exact) mass is 314 g/mol. The Morgan fingerprint density at radius 3 is 2.26 bits per heavy atom. The summed E-state index contributed by atoms with van der Waals surface area (Å²) in [5.41, 5.74) is 1.81. The fourth-order valence-electron chi connectivity index (χ4n) is 2.47. The zero-order valence-corrected chi connectivity index (χ0v) is 13.7. The van der Waals surface area contributed by atoms with E-state index < -0.39 is 12.1 Å². The molecule has 0 bridgehead atoms. The van der Waals surface area contributed by atoms with E-state index in [9.17, 15) is 9.90 Å². The van der Waals surface area contributed by atoms with Gasteiger partial charge in [0.1, 0.15) is 11.5 Å². The van der Waals surface area contributed by atoms with Gasteiger partial charge in [-0.25, -0.2) is 4.79 Å². The molecule has 0 saturated carbocycles. The molecule has 1 atom stereocenters. The maximum absolute atomic E-state index is 11.6. The molecule has 0 saturated heterocycles. The third kappa shape index (κ3) is 4.25. The molecular formula is C19H22O4. The third-order valence-electron chi connectivity index (χ3n) is 3.68. The number of ether oxygens (including phenoxy) is 2. The van der Waals surface area contributed by atoms with Crippen LogP contribution in [0.15, 0.2) is 48.5 Å². The number of methoxy groups -OCH3 is 1. The molecule has 0 fully saturated rings. The summed E-state index contributed by atoms with van der Waals surface area (Å²) >= 11 is 0. The Morgan fingerprint density at radius 2 is 1.65 bits per heavy atom. The van der Waals surface area contributed by atoms with Crippen molar-refractivity contribution in [2.45, 2.75) is 32.3 Å². The minimum atomic E-state index is -0.991. The van der Waals surface area contributed by atoms with Gasteiger partial charge >= 0.3 is 5.97 Å².